The number of carbonyl (C=O) groups is 1. The molecule has 2 N–H and O–H groups in total. The van der Waals surface area contributed by atoms with Gasteiger partial charge in [0.25, 0.3) is 5.56 Å². The molecule has 46 heavy (non-hydrogen) atoms. The van der Waals surface area contributed by atoms with Gasteiger partial charge >= 0.3 is 6.03 Å². The molecule has 0 fully saturated rings. The number of aromatic amines is 1. The summed E-state index contributed by atoms with van der Waals surface area (Å²) in [6.45, 7) is 13.9. The van der Waals surface area contributed by atoms with Gasteiger partial charge in [0.2, 0.25) is 0 Å². The van der Waals surface area contributed by atoms with Crippen molar-refractivity contribution in [1.82, 2.24) is 24.7 Å². The summed E-state index contributed by atoms with van der Waals surface area (Å²) in [7, 11) is 0. The van der Waals surface area contributed by atoms with Gasteiger partial charge in [-0.1, -0.05) is 45.9 Å². The fourth-order valence-electron chi connectivity index (χ4n) is 5.39. The third-order valence-corrected chi connectivity index (χ3v) is 7.80. The summed E-state index contributed by atoms with van der Waals surface area (Å²) in [4.78, 5) is 39.7. The second-order valence-electron chi connectivity index (χ2n) is 11.8. The number of H-pyrrole nitrogens is 1. The van der Waals surface area contributed by atoms with E-state index in [9.17, 15) is 9.59 Å². The average molecular weight is 620 g/mol. The van der Waals surface area contributed by atoms with E-state index in [1.54, 1.807) is 35.4 Å². The zero-order chi connectivity index (χ0) is 32.6. The number of nitrogens with zero attached hydrogens (tertiary/aromatic N) is 5. The Bertz CT molecular complexity index is 1830. The van der Waals surface area contributed by atoms with Crippen molar-refractivity contribution in [3.63, 3.8) is 0 Å². The van der Waals surface area contributed by atoms with Gasteiger partial charge in [-0.2, -0.15) is 5.10 Å². The molecule has 3 heterocycles. The van der Waals surface area contributed by atoms with Gasteiger partial charge in [0, 0.05) is 36.8 Å². The van der Waals surface area contributed by atoms with Crippen LogP contribution in [-0.4, -0.2) is 43.9 Å². The Balaban J connectivity index is 1.45. The number of carbonyl (C=O) groups excluding carboxylic acids is 1. The van der Waals surface area contributed by atoms with Crippen molar-refractivity contribution in [2.24, 2.45) is 0 Å². The van der Waals surface area contributed by atoms with Crippen LogP contribution in [0, 0.1) is 0 Å². The lowest BCUT2D eigenvalue weighted by Gasteiger charge is -2.26. The summed E-state index contributed by atoms with van der Waals surface area (Å²) in [5.41, 5.74) is 5.20. The standard InChI is InChI=1S/C36H41N7O3/c1-6-7-16-43(32-21-27-12-9-14-38-34(27)41-35(32)44)36(45)40-33-30(24(2)3)19-28(20-31(33)25(4)5)26-11-8-13-29(18-26)46-17-10-15-42-23-37-22-39-42/h6,8-9,11-14,18-25H,1,7,10,15-17H2,2-5H3,(H,40,45)(H,38,41,44). The smallest absolute Gasteiger partial charge is 0.326 e. The van der Waals surface area contributed by atoms with Gasteiger partial charge in [-0.15, -0.1) is 6.58 Å². The van der Waals surface area contributed by atoms with Crippen LogP contribution >= 0.6 is 0 Å². The van der Waals surface area contributed by atoms with Crippen LogP contribution < -0.4 is 20.5 Å². The topological polar surface area (TPSA) is 118 Å². The van der Waals surface area contributed by atoms with Crippen LogP contribution in [-0.2, 0) is 6.54 Å². The van der Waals surface area contributed by atoms with E-state index in [1.807, 2.05) is 18.2 Å². The molecule has 0 radical (unpaired) electrons. The molecule has 0 saturated heterocycles. The highest BCUT2D eigenvalue weighted by Gasteiger charge is 2.24. The molecular formula is C36H41N7O3. The number of rotatable bonds is 13. The quantitative estimate of drug-likeness (QED) is 0.104. The SMILES string of the molecule is C=CCCN(C(=O)Nc1c(C(C)C)cc(-c2cccc(OCCCn3cncn3)c2)cc1C(C)C)c1cc2cccnc2[nH]c1=O. The molecular weight excluding hydrogens is 578 g/mol. The van der Waals surface area contributed by atoms with Gasteiger partial charge in [0.15, 0.2) is 0 Å². The van der Waals surface area contributed by atoms with Crippen molar-refractivity contribution in [1.29, 1.82) is 0 Å². The summed E-state index contributed by atoms with van der Waals surface area (Å²) in [5.74, 6) is 1.01. The van der Waals surface area contributed by atoms with Crippen molar-refractivity contribution in [2.75, 3.05) is 23.4 Å². The van der Waals surface area contributed by atoms with Gasteiger partial charge in [-0.25, -0.2) is 14.8 Å². The van der Waals surface area contributed by atoms with Gasteiger partial charge in [-0.3, -0.25) is 14.4 Å². The Morgan fingerprint density at radius 2 is 1.85 bits per heavy atom. The zero-order valence-electron chi connectivity index (χ0n) is 26.9. The molecule has 2 aromatic carbocycles. The Labute approximate surface area is 269 Å². The number of aryl methyl sites for hydroxylation is 1. The summed E-state index contributed by atoms with van der Waals surface area (Å²) >= 11 is 0. The van der Waals surface area contributed by atoms with E-state index in [1.165, 1.54) is 11.2 Å². The van der Waals surface area contributed by atoms with E-state index >= 15 is 0 Å². The Morgan fingerprint density at radius 1 is 1.07 bits per heavy atom. The first-order chi connectivity index (χ1) is 22.2. The number of benzene rings is 2. The van der Waals surface area contributed by atoms with E-state index in [4.69, 9.17) is 4.74 Å². The molecule has 0 atom stereocenters. The largest absolute Gasteiger partial charge is 0.494 e. The number of aromatic nitrogens is 5. The third kappa shape index (κ3) is 7.51. The van der Waals surface area contributed by atoms with Crippen LogP contribution in [0.3, 0.4) is 0 Å². The van der Waals surface area contributed by atoms with Crippen molar-refractivity contribution >= 4 is 28.4 Å². The number of hydrogen-bond donors (Lipinski definition) is 2. The minimum Gasteiger partial charge on any atom is -0.494 e. The van der Waals surface area contributed by atoms with Crippen LogP contribution in [0.4, 0.5) is 16.2 Å². The predicted molar refractivity (Wildman–Crippen MR) is 184 cm³/mol. The van der Waals surface area contributed by atoms with Crippen molar-refractivity contribution in [3.8, 4) is 16.9 Å². The van der Waals surface area contributed by atoms with Gasteiger partial charge < -0.3 is 15.0 Å². The summed E-state index contributed by atoms with van der Waals surface area (Å²) in [6.07, 6.45) is 7.91. The molecule has 5 rings (SSSR count). The minimum atomic E-state index is -0.381. The third-order valence-electron chi connectivity index (χ3n) is 7.80. The van der Waals surface area contributed by atoms with Crippen molar-refractivity contribution in [3.05, 3.63) is 108 Å². The Morgan fingerprint density at radius 3 is 2.54 bits per heavy atom. The number of ether oxygens (including phenoxy) is 1. The molecule has 0 aliphatic heterocycles. The lowest BCUT2D eigenvalue weighted by atomic mass is 9.88. The van der Waals surface area contributed by atoms with E-state index in [2.05, 4.69) is 83.9 Å². The van der Waals surface area contributed by atoms with Crippen molar-refractivity contribution < 1.29 is 9.53 Å². The van der Waals surface area contributed by atoms with Crippen LogP contribution in [0.15, 0.2) is 90.9 Å². The predicted octanol–water partition coefficient (Wildman–Crippen LogP) is 7.51. The van der Waals surface area contributed by atoms with E-state index in [0.29, 0.717) is 25.2 Å². The monoisotopic (exact) mass is 619 g/mol. The maximum absolute atomic E-state index is 14.0. The number of nitrogens with one attached hydrogen (secondary N) is 2. The first-order valence-electron chi connectivity index (χ1n) is 15.7. The van der Waals surface area contributed by atoms with Gasteiger partial charge in [0.05, 0.1) is 6.61 Å². The Kier molecular flexibility index (Phi) is 10.3. The first-order valence-corrected chi connectivity index (χ1v) is 15.7. The summed E-state index contributed by atoms with van der Waals surface area (Å²) < 4.78 is 7.86. The highest BCUT2D eigenvalue weighted by molar-refractivity contribution is 6.03. The normalized spacial score (nSPS) is 11.3. The molecule has 0 spiro atoms. The van der Waals surface area contributed by atoms with Crippen LogP contribution in [0.1, 0.15) is 63.5 Å². The number of anilines is 2. The number of hydrogen-bond acceptors (Lipinski definition) is 6. The summed E-state index contributed by atoms with van der Waals surface area (Å²) in [5, 5.41) is 8.09. The number of urea groups is 1. The molecule has 5 aromatic rings. The molecule has 0 saturated carbocycles. The lowest BCUT2D eigenvalue weighted by Crippen LogP contribution is -2.39. The van der Waals surface area contributed by atoms with Crippen LogP contribution in [0.5, 0.6) is 5.75 Å². The molecule has 10 nitrogen and oxygen atoms in total. The molecule has 0 aliphatic rings. The zero-order valence-corrected chi connectivity index (χ0v) is 26.9. The lowest BCUT2D eigenvalue weighted by molar-refractivity contribution is 0.257. The number of pyridine rings is 2. The fourth-order valence-corrected chi connectivity index (χ4v) is 5.39. The van der Waals surface area contributed by atoms with Crippen LogP contribution in [0.25, 0.3) is 22.2 Å². The van der Waals surface area contributed by atoms with Crippen molar-refractivity contribution in [2.45, 2.75) is 58.9 Å². The first kappa shape index (κ1) is 32.2. The molecule has 3 aromatic heterocycles. The second-order valence-corrected chi connectivity index (χ2v) is 11.8. The molecule has 0 bridgehead atoms. The maximum atomic E-state index is 14.0. The maximum Gasteiger partial charge on any atom is 0.326 e. The number of fused-ring (bicyclic) bond motifs is 1. The molecule has 2 amide bonds. The number of amides is 2. The molecule has 0 unspecified atom stereocenters. The van der Waals surface area contributed by atoms with Crippen LogP contribution in [0.2, 0.25) is 0 Å². The fraction of sp³-hybridized carbons (Fsp3) is 0.306. The molecule has 0 aliphatic carbocycles. The van der Waals surface area contributed by atoms with Gasteiger partial charge in [-0.05, 0) is 83.0 Å². The van der Waals surface area contributed by atoms with E-state index < -0.39 is 0 Å². The second kappa shape index (κ2) is 14.7. The van der Waals surface area contributed by atoms with E-state index in [0.717, 1.165) is 52.0 Å². The molecule has 238 valence electrons. The molecule has 10 heteroatoms. The highest BCUT2D eigenvalue weighted by Crippen LogP contribution is 2.38. The minimum absolute atomic E-state index is 0.112. The average Bonchev–Trinajstić information content (AvgIpc) is 3.57. The summed E-state index contributed by atoms with van der Waals surface area (Å²) in [6, 6.07) is 17.3. The highest BCUT2D eigenvalue weighted by atomic mass is 16.5. The Hall–Kier alpha value is -5.25. The van der Waals surface area contributed by atoms with E-state index in [-0.39, 0.29) is 29.1 Å². The van der Waals surface area contributed by atoms with Gasteiger partial charge in [0.1, 0.15) is 29.7 Å².